The number of aliphatic hydroxyl groups is 1. The monoisotopic (exact) mass is 346 g/mol. The minimum absolute atomic E-state index is 0.0131. The van der Waals surface area contributed by atoms with Gasteiger partial charge in [0.15, 0.2) is 0 Å². The lowest BCUT2D eigenvalue weighted by atomic mass is 10.1. The topological polar surface area (TPSA) is 61.0 Å². The quantitative estimate of drug-likeness (QED) is 0.646. The molecule has 0 atom stereocenters. The second-order valence-corrected chi connectivity index (χ2v) is 6.64. The molecular weight excluding hydrogens is 324 g/mol. The Bertz CT molecular complexity index is 1080. The Labute approximate surface area is 152 Å². The second kappa shape index (κ2) is 6.39. The van der Waals surface area contributed by atoms with Gasteiger partial charge in [-0.05, 0) is 49.8 Å². The Morgan fingerprint density at radius 3 is 2.62 bits per heavy atom. The SMILES string of the molecule is COC1=CC(c2[nH]c3ccccc3c2CO)=CC1=Cc1[nH]c(C)cc1C. The zero-order valence-corrected chi connectivity index (χ0v) is 15.2. The smallest absolute Gasteiger partial charge is 0.126 e. The first-order valence-corrected chi connectivity index (χ1v) is 8.67. The minimum atomic E-state index is -0.0131. The van der Waals surface area contributed by atoms with Gasteiger partial charge in [0.25, 0.3) is 0 Å². The van der Waals surface area contributed by atoms with Crippen molar-refractivity contribution in [1.29, 1.82) is 0 Å². The normalized spacial score (nSPS) is 15.6. The Morgan fingerprint density at radius 2 is 1.92 bits per heavy atom. The highest BCUT2D eigenvalue weighted by molar-refractivity contribution is 5.93. The van der Waals surface area contributed by atoms with Crippen molar-refractivity contribution in [3.05, 3.63) is 82.0 Å². The number of allylic oxidation sites excluding steroid dienone is 3. The predicted molar refractivity (Wildman–Crippen MR) is 106 cm³/mol. The summed E-state index contributed by atoms with van der Waals surface area (Å²) in [5, 5.41) is 11.0. The van der Waals surface area contributed by atoms with Gasteiger partial charge < -0.3 is 19.8 Å². The van der Waals surface area contributed by atoms with Crippen LogP contribution in [0.1, 0.15) is 28.2 Å². The molecule has 4 heteroatoms. The van der Waals surface area contributed by atoms with E-state index in [1.165, 1.54) is 5.56 Å². The van der Waals surface area contributed by atoms with Gasteiger partial charge >= 0.3 is 0 Å². The molecular formula is C22H22N2O2. The molecule has 0 saturated carbocycles. The van der Waals surface area contributed by atoms with E-state index in [0.717, 1.165) is 50.5 Å². The molecule has 2 aromatic heterocycles. The minimum Gasteiger partial charge on any atom is -0.496 e. The second-order valence-electron chi connectivity index (χ2n) is 6.64. The lowest BCUT2D eigenvalue weighted by molar-refractivity contribution is 0.283. The summed E-state index contributed by atoms with van der Waals surface area (Å²) >= 11 is 0. The van der Waals surface area contributed by atoms with Gasteiger partial charge in [-0.1, -0.05) is 18.2 Å². The summed E-state index contributed by atoms with van der Waals surface area (Å²) in [7, 11) is 1.68. The number of hydrogen-bond acceptors (Lipinski definition) is 2. The van der Waals surface area contributed by atoms with Gasteiger partial charge in [-0.3, -0.25) is 0 Å². The lowest BCUT2D eigenvalue weighted by Gasteiger charge is -2.02. The van der Waals surface area contributed by atoms with Crippen molar-refractivity contribution in [3.8, 4) is 0 Å². The van der Waals surface area contributed by atoms with Gasteiger partial charge in [0.1, 0.15) is 5.76 Å². The van der Waals surface area contributed by atoms with Crippen molar-refractivity contribution >= 4 is 22.6 Å². The van der Waals surface area contributed by atoms with E-state index in [-0.39, 0.29) is 6.61 Å². The number of aromatic nitrogens is 2. The summed E-state index contributed by atoms with van der Waals surface area (Å²) in [6.07, 6.45) is 6.21. The van der Waals surface area contributed by atoms with Gasteiger partial charge in [0, 0.05) is 39.0 Å². The molecule has 0 unspecified atom stereocenters. The molecule has 4 rings (SSSR count). The molecule has 0 bridgehead atoms. The van der Waals surface area contributed by atoms with Crippen LogP contribution in [0, 0.1) is 13.8 Å². The maximum absolute atomic E-state index is 9.91. The van der Waals surface area contributed by atoms with E-state index in [1.807, 2.05) is 30.3 Å². The molecule has 0 aliphatic heterocycles. The number of hydrogen-bond donors (Lipinski definition) is 3. The van der Waals surface area contributed by atoms with E-state index in [9.17, 15) is 5.11 Å². The van der Waals surface area contributed by atoms with Crippen LogP contribution in [0.25, 0.3) is 22.6 Å². The van der Waals surface area contributed by atoms with Gasteiger partial charge in [0.05, 0.1) is 19.4 Å². The van der Waals surface area contributed by atoms with Gasteiger partial charge in [0.2, 0.25) is 0 Å². The predicted octanol–water partition coefficient (Wildman–Crippen LogP) is 4.62. The van der Waals surface area contributed by atoms with E-state index in [0.29, 0.717) is 0 Å². The number of ether oxygens (including phenoxy) is 1. The summed E-state index contributed by atoms with van der Waals surface area (Å²) in [4.78, 5) is 6.82. The Balaban J connectivity index is 1.83. The van der Waals surface area contributed by atoms with Crippen molar-refractivity contribution in [2.45, 2.75) is 20.5 Å². The van der Waals surface area contributed by atoms with E-state index in [2.05, 4.69) is 42.0 Å². The van der Waals surface area contributed by atoms with E-state index < -0.39 is 0 Å². The van der Waals surface area contributed by atoms with Crippen LogP contribution in [-0.4, -0.2) is 22.2 Å². The molecule has 2 heterocycles. The summed E-state index contributed by atoms with van der Waals surface area (Å²) in [5.41, 5.74) is 8.30. The summed E-state index contributed by atoms with van der Waals surface area (Å²) < 4.78 is 5.59. The largest absolute Gasteiger partial charge is 0.496 e. The van der Waals surface area contributed by atoms with Gasteiger partial charge in [-0.2, -0.15) is 0 Å². The van der Waals surface area contributed by atoms with Crippen molar-refractivity contribution < 1.29 is 9.84 Å². The number of rotatable bonds is 4. The standard InChI is InChI=1S/C22H22N2O2/c1-13-8-14(2)23-20(13)10-15-9-16(11-21(15)26-3)22-18(12-25)17-6-4-5-7-19(17)24-22/h4-11,23-25H,12H2,1-3H3. The fourth-order valence-electron chi connectivity index (χ4n) is 3.60. The van der Waals surface area contributed by atoms with Gasteiger partial charge in [-0.25, -0.2) is 0 Å². The number of aliphatic hydroxyl groups excluding tert-OH is 1. The van der Waals surface area contributed by atoms with E-state index in [4.69, 9.17) is 4.74 Å². The maximum Gasteiger partial charge on any atom is 0.126 e. The molecule has 0 spiro atoms. The molecule has 3 N–H and O–H groups in total. The molecule has 1 aliphatic rings. The lowest BCUT2D eigenvalue weighted by Crippen LogP contribution is -1.88. The number of para-hydroxylation sites is 1. The van der Waals surface area contributed by atoms with E-state index in [1.54, 1.807) is 7.11 Å². The van der Waals surface area contributed by atoms with Crippen LogP contribution in [0.15, 0.2) is 53.8 Å². The van der Waals surface area contributed by atoms with E-state index >= 15 is 0 Å². The van der Waals surface area contributed by atoms with Crippen molar-refractivity contribution in [2.75, 3.05) is 7.11 Å². The number of methoxy groups -OCH3 is 1. The molecule has 3 aromatic rings. The maximum atomic E-state index is 9.91. The molecule has 1 aromatic carbocycles. The third-order valence-electron chi connectivity index (χ3n) is 4.85. The fourth-order valence-corrected chi connectivity index (χ4v) is 3.60. The third-order valence-corrected chi connectivity index (χ3v) is 4.85. The molecule has 0 fully saturated rings. The van der Waals surface area contributed by atoms with Gasteiger partial charge in [-0.15, -0.1) is 0 Å². The molecule has 26 heavy (non-hydrogen) atoms. The molecule has 0 saturated heterocycles. The zero-order chi connectivity index (χ0) is 18.3. The number of nitrogens with one attached hydrogen (secondary N) is 2. The number of fused-ring (bicyclic) bond motifs is 1. The van der Waals surface area contributed by atoms with Crippen LogP contribution in [0.2, 0.25) is 0 Å². The summed E-state index contributed by atoms with van der Waals surface area (Å²) in [6.45, 7) is 4.13. The zero-order valence-electron chi connectivity index (χ0n) is 15.2. The van der Waals surface area contributed by atoms with Crippen molar-refractivity contribution in [1.82, 2.24) is 9.97 Å². The average molecular weight is 346 g/mol. The molecule has 0 radical (unpaired) electrons. The Morgan fingerprint density at radius 1 is 1.12 bits per heavy atom. The Hall–Kier alpha value is -2.98. The van der Waals surface area contributed by atoms with Crippen LogP contribution in [-0.2, 0) is 11.3 Å². The molecule has 132 valence electrons. The van der Waals surface area contributed by atoms with Crippen LogP contribution in [0.3, 0.4) is 0 Å². The summed E-state index contributed by atoms with van der Waals surface area (Å²) in [5.74, 6) is 0.814. The van der Waals surface area contributed by atoms with Crippen LogP contribution in [0.4, 0.5) is 0 Å². The van der Waals surface area contributed by atoms with Crippen molar-refractivity contribution in [2.24, 2.45) is 0 Å². The first-order chi connectivity index (χ1) is 12.6. The molecule has 4 nitrogen and oxygen atoms in total. The molecule has 0 amide bonds. The highest BCUT2D eigenvalue weighted by atomic mass is 16.5. The number of aryl methyl sites for hydroxylation is 2. The highest BCUT2D eigenvalue weighted by Gasteiger charge is 2.20. The van der Waals surface area contributed by atoms with Crippen LogP contribution < -0.4 is 0 Å². The first kappa shape index (κ1) is 16.5. The Kier molecular flexibility index (Phi) is 4.05. The van der Waals surface area contributed by atoms with Crippen LogP contribution >= 0.6 is 0 Å². The fraction of sp³-hybridized carbons (Fsp3) is 0.182. The van der Waals surface area contributed by atoms with Crippen molar-refractivity contribution in [3.63, 3.8) is 0 Å². The summed E-state index contributed by atoms with van der Waals surface area (Å²) in [6, 6.07) is 10.2. The number of H-pyrrole nitrogens is 2. The number of aromatic amines is 2. The highest BCUT2D eigenvalue weighted by Crippen LogP contribution is 2.35. The molecule has 1 aliphatic carbocycles. The third kappa shape index (κ3) is 2.68. The van der Waals surface area contributed by atoms with Crippen LogP contribution in [0.5, 0.6) is 0 Å². The average Bonchev–Trinajstić information content (AvgIpc) is 3.29. The number of benzene rings is 1. The first-order valence-electron chi connectivity index (χ1n) is 8.67.